The van der Waals surface area contributed by atoms with Crippen LogP contribution in [0, 0.1) is 6.92 Å². The molecule has 3 N–H and O–H groups in total. The molecule has 0 unspecified atom stereocenters. The number of nitrogens with one attached hydrogen (secondary N) is 3. The van der Waals surface area contributed by atoms with Crippen molar-refractivity contribution in [2.75, 3.05) is 25.5 Å². The molecule has 0 fully saturated rings. The van der Waals surface area contributed by atoms with Gasteiger partial charge in [-0.25, -0.2) is 4.98 Å². The summed E-state index contributed by atoms with van der Waals surface area (Å²) >= 11 is 1.65. The van der Waals surface area contributed by atoms with Crippen LogP contribution < -0.4 is 16.0 Å². The molecule has 2 aromatic rings. The van der Waals surface area contributed by atoms with Crippen molar-refractivity contribution >= 4 is 52.9 Å². The Kier molecular flexibility index (Phi) is 10.2. The van der Waals surface area contributed by atoms with E-state index in [4.69, 9.17) is 0 Å². The van der Waals surface area contributed by atoms with Gasteiger partial charge in [0.25, 0.3) is 0 Å². The second kappa shape index (κ2) is 11.8. The molecule has 26 heavy (non-hydrogen) atoms. The van der Waals surface area contributed by atoms with Crippen LogP contribution in [0.2, 0.25) is 0 Å². The van der Waals surface area contributed by atoms with Crippen LogP contribution in [-0.2, 0) is 17.6 Å². The molecule has 1 aromatic heterocycles. The van der Waals surface area contributed by atoms with E-state index in [1.807, 2.05) is 31.2 Å². The van der Waals surface area contributed by atoms with Crippen molar-refractivity contribution < 1.29 is 4.79 Å². The summed E-state index contributed by atoms with van der Waals surface area (Å²) in [7, 11) is 1.69. The summed E-state index contributed by atoms with van der Waals surface area (Å²) in [4.78, 5) is 20.6. The quantitative estimate of drug-likeness (QED) is 0.319. The Bertz CT molecular complexity index is 732. The van der Waals surface area contributed by atoms with E-state index < -0.39 is 0 Å². The molecule has 0 aliphatic heterocycles. The Morgan fingerprint density at radius 3 is 2.77 bits per heavy atom. The van der Waals surface area contributed by atoms with Gasteiger partial charge in [0.05, 0.1) is 17.2 Å². The molecule has 1 amide bonds. The molecule has 8 heteroatoms. The van der Waals surface area contributed by atoms with Crippen LogP contribution in [0.3, 0.4) is 0 Å². The second-order valence-corrected chi connectivity index (χ2v) is 6.62. The number of thiazole rings is 1. The fourth-order valence-electron chi connectivity index (χ4n) is 2.29. The van der Waals surface area contributed by atoms with E-state index in [1.165, 1.54) is 5.56 Å². The van der Waals surface area contributed by atoms with E-state index >= 15 is 0 Å². The molecule has 142 valence electrons. The predicted molar refractivity (Wildman–Crippen MR) is 120 cm³/mol. The molecule has 0 saturated heterocycles. The first kappa shape index (κ1) is 22.4. The zero-order valence-electron chi connectivity index (χ0n) is 15.3. The highest BCUT2D eigenvalue weighted by atomic mass is 127. The van der Waals surface area contributed by atoms with Gasteiger partial charge in [-0.15, -0.1) is 35.3 Å². The smallest absolute Gasteiger partial charge is 0.243 e. The normalized spacial score (nSPS) is 10.8. The van der Waals surface area contributed by atoms with E-state index in [1.54, 1.807) is 18.4 Å². The SMILES string of the molecule is CCc1cccc(NC(=O)CNC(=NC)NCCc2csc(C)n2)c1.I. The maximum Gasteiger partial charge on any atom is 0.243 e. The number of hydrogen-bond acceptors (Lipinski definition) is 4. The molecule has 0 spiro atoms. The highest BCUT2D eigenvalue weighted by Gasteiger charge is 2.05. The monoisotopic (exact) mass is 487 g/mol. The number of nitrogens with zero attached hydrogens (tertiary/aromatic N) is 2. The highest BCUT2D eigenvalue weighted by molar-refractivity contribution is 14.0. The van der Waals surface area contributed by atoms with Crippen LogP contribution in [0.4, 0.5) is 5.69 Å². The average Bonchev–Trinajstić information content (AvgIpc) is 3.03. The molecule has 1 heterocycles. The third-order valence-corrected chi connectivity index (χ3v) is 4.42. The van der Waals surface area contributed by atoms with Crippen molar-refractivity contribution in [3.63, 3.8) is 0 Å². The summed E-state index contributed by atoms with van der Waals surface area (Å²) in [6, 6.07) is 7.87. The van der Waals surface area contributed by atoms with Gasteiger partial charge in [0.2, 0.25) is 5.91 Å². The number of guanidine groups is 1. The fourth-order valence-corrected chi connectivity index (χ4v) is 2.94. The largest absolute Gasteiger partial charge is 0.356 e. The van der Waals surface area contributed by atoms with Crippen LogP contribution in [0.1, 0.15) is 23.2 Å². The van der Waals surface area contributed by atoms with Crippen molar-refractivity contribution in [2.24, 2.45) is 4.99 Å². The van der Waals surface area contributed by atoms with Crippen molar-refractivity contribution in [3.8, 4) is 0 Å². The third kappa shape index (κ3) is 7.69. The summed E-state index contributed by atoms with van der Waals surface area (Å²) in [5, 5.41) is 12.2. The molecule has 0 aliphatic rings. The van der Waals surface area contributed by atoms with Gasteiger partial charge in [-0.05, 0) is 31.0 Å². The molecule has 0 bridgehead atoms. The Labute approximate surface area is 175 Å². The summed E-state index contributed by atoms with van der Waals surface area (Å²) < 4.78 is 0. The number of amides is 1. The van der Waals surface area contributed by atoms with Gasteiger partial charge >= 0.3 is 0 Å². The lowest BCUT2D eigenvalue weighted by Gasteiger charge is -2.12. The van der Waals surface area contributed by atoms with Crippen LogP contribution in [0.5, 0.6) is 0 Å². The second-order valence-electron chi connectivity index (χ2n) is 5.56. The van der Waals surface area contributed by atoms with Gasteiger partial charge in [0.15, 0.2) is 5.96 Å². The lowest BCUT2D eigenvalue weighted by molar-refractivity contribution is -0.115. The van der Waals surface area contributed by atoms with Crippen LogP contribution in [0.25, 0.3) is 0 Å². The number of hydrogen-bond donors (Lipinski definition) is 3. The highest BCUT2D eigenvalue weighted by Crippen LogP contribution is 2.10. The average molecular weight is 487 g/mol. The van der Waals surface area contributed by atoms with Gasteiger partial charge < -0.3 is 16.0 Å². The summed E-state index contributed by atoms with van der Waals surface area (Å²) in [5.74, 6) is 0.496. The molecular formula is C18H26IN5OS. The Hall–Kier alpha value is -1.68. The van der Waals surface area contributed by atoms with E-state index in [0.717, 1.165) is 29.2 Å². The van der Waals surface area contributed by atoms with Gasteiger partial charge in [-0.1, -0.05) is 19.1 Å². The standard InChI is InChI=1S/C18H25N5OS.HI/c1-4-14-6-5-7-15(10-14)23-17(24)11-21-18(19-3)20-9-8-16-12-25-13(2)22-16;/h5-7,10,12H,4,8-9,11H2,1-3H3,(H,23,24)(H2,19,20,21);1H. The lowest BCUT2D eigenvalue weighted by atomic mass is 10.1. The van der Waals surface area contributed by atoms with Gasteiger partial charge in [0.1, 0.15) is 0 Å². The number of carbonyl (C=O) groups is 1. The lowest BCUT2D eigenvalue weighted by Crippen LogP contribution is -2.42. The number of anilines is 1. The summed E-state index contributed by atoms with van der Waals surface area (Å²) in [6.45, 7) is 4.96. The number of aliphatic imine (C=N–C) groups is 1. The minimum Gasteiger partial charge on any atom is -0.356 e. The Balaban J connectivity index is 0.00000338. The van der Waals surface area contributed by atoms with Gasteiger partial charge in [-0.2, -0.15) is 0 Å². The van der Waals surface area contributed by atoms with Crippen LogP contribution >= 0.6 is 35.3 Å². The first-order chi connectivity index (χ1) is 12.1. The topological polar surface area (TPSA) is 78.4 Å². The fraction of sp³-hybridized carbons (Fsp3) is 0.389. The number of benzene rings is 1. The molecule has 6 nitrogen and oxygen atoms in total. The number of aromatic nitrogens is 1. The van der Waals surface area contributed by atoms with Gasteiger partial charge in [-0.3, -0.25) is 9.79 Å². The maximum absolute atomic E-state index is 12.1. The minimum atomic E-state index is -0.105. The van der Waals surface area contributed by atoms with Gasteiger partial charge in [0, 0.05) is 31.1 Å². The molecule has 1 aromatic carbocycles. The van der Waals surface area contributed by atoms with E-state index in [9.17, 15) is 4.79 Å². The Morgan fingerprint density at radius 2 is 2.12 bits per heavy atom. The van der Waals surface area contributed by atoms with Crippen molar-refractivity contribution in [2.45, 2.75) is 26.7 Å². The van der Waals surface area contributed by atoms with E-state index in [2.05, 4.69) is 38.2 Å². The van der Waals surface area contributed by atoms with E-state index in [0.29, 0.717) is 12.5 Å². The maximum atomic E-state index is 12.1. The molecule has 2 rings (SSSR count). The Morgan fingerprint density at radius 1 is 1.31 bits per heavy atom. The minimum absolute atomic E-state index is 0. The number of rotatable bonds is 7. The number of halogens is 1. The predicted octanol–water partition coefficient (Wildman–Crippen LogP) is 2.98. The van der Waals surface area contributed by atoms with Crippen LogP contribution in [0.15, 0.2) is 34.6 Å². The molecule has 0 radical (unpaired) electrons. The molecule has 0 saturated carbocycles. The zero-order chi connectivity index (χ0) is 18.1. The molecule has 0 aliphatic carbocycles. The molecule has 0 atom stereocenters. The molecular weight excluding hydrogens is 461 g/mol. The first-order valence-corrected chi connectivity index (χ1v) is 9.23. The zero-order valence-corrected chi connectivity index (χ0v) is 18.5. The summed E-state index contributed by atoms with van der Waals surface area (Å²) in [5.41, 5.74) is 3.08. The van der Waals surface area contributed by atoms with Crippen molar-refractivity contribution in [1.29, 1.82) is 0 Å². The first-order valence-electron chi connectivity index (χ1n) is 8.35. The van der Waals surface area contributed by atoms with Crippen molar-refractivity contribution in [1.82, 2.24) is 15.6 Å². The van der Waals surface area contributed by atoms with Crippen molar-refractivity contribution in [3.05, 3.63) is 45.9 Å². The number of carbonyl (C=O) groups excluding carboxylic acids is 1. The summed E-state index contributed by atoms with van der Waals surface area (Å²) in [6.07, 6.45) is 1.76. The van der Waals surface area contributed by atoms with E-state index in [-0.39, 0.29) is 36.4 Å². The third-order valence-electron chi connectivity index (χ3n) is 3.60. The van der Waals surface area contributed by atoms with Crippen LogP contribution in [-0.4, -0.2) is 37.0 Å². The number of aryl methyl sites for hydroxylation is 2.